The zero-order valence-corrected chi connectivity index (χ0v) is 11.3. The van der Waals surface area contributed by atoms with Crippen LogP contribution in [0.4, 0.5) is 5.69 Å². The van der Waals surface area contributed by atoms with E-state index < -0.39 is 5.91 Å². The van der Waals surface area contributed by atoms with Crippen molar-refractivity contribution < 1.29 is 9.59 Å². The van der Waals surface area contributed by atoms with E-state index in [1.807, 2.05) is 6.07 Å². The van der Waals surface area contributed by atoms with Crippen molar-refractivity contribution in [3.05, 3.63) is 47.8 Å². The van der Waals surface area contributed by atoms with E-state index in [4.69, 9.17) is 5.26 Å². The second kappa shape index (κ2) is 6.34. The van der Waals surface area contributed by atoms with E-state index >= 15 is 0 Å². The van der Waals surface area contributed by atoms with Gasteiger partial charge in [0.05, 0.1) is 18.2 Å². The fourth-order valence-corrected chi connectivity index (χ4v) is 1.66. The van der Waals surface area contributed by atoms with E-state index in [-0.39, 0.29) is 18.1 Å². The summed E-state index contributed by atoms with van der Waals surface area (Å²) in [5.74, 6) is -0.800. The average molecular weight is 283 g/mol. The molecule has 0 radical (unpaired) electrons. The molecule has 0 aliphatic heterocycles. The van der Waals surface area contributed by atoms with Crippen LogP contribution in [0.3, 0.4) is 0 Å². The molecule has 0 aliphatic rings. The van der Waals surface area contributed by atoms with E-state index in [0.29, 0.717) is 11.3 Å². The number of benzene rings is 1. The van der Waals surface area contributed by atoms with Gasteiger partial charge < -0.3 is 10.6 Å². The number of aromatic nitrogens is 2. The summed E-state index contributed by atoms with van der Waals surface area (Å²) in [7, 11) is 1.70. The smallest absolute Gasteiger partial charge is 0.272 e. The van der Waals surface area contributed by atoms with Gasteiger partial charge in [-0.1, -0.05) is 6.07 Å². The van der Waals surface area contributed by atoms with Gasteiger partial charge in [-0.15, -0.1) is 0 Å². The number of anilines is 1. The molecule has 0 atom stereocenters. The third kappa shape index (κ3) is 3.91. The van der Waals surface area contributed by atoms with E-state index in [2.05, 4.69) is 15.7 Å². The summed E-state index contributed by atoms with van der Waals surface area (Å²) >= 11 is 0. The summed E-state index contributed by atoms with van der Waals surface area (Å²) in [5.41, 5.74) is 1.20. The molecule has 0 aliphatic carbocycles. The zero-order chi connectivity index (χ0) is 15.2. The summed E-state index contributed by atoms with van der Waals surface area (Å²) in [5, 5.41) is 17.8. The molecule has 0 spiro atoms. The fourth-order valence-electron chi connectivity index (χ4n) is 1.66. The molecule has 0 fully saturated rings. The lowest BCUT2D eigenvalue weighted by Crippen LogP contribution is -2.33. The van der Waals surface area contributed by atoms with Crippen LogP contribution < -0.4 is 10.6 Å². The molecule has 2 rings (SSSR count). The quantitative estimate of drug-likeness (QED) is 0.860. The molecule has 21 heavy (non-hydrogen) atoms. The van der Waals surface area contributed by atoms with E-state index in [9.17, 15) is 9.59 Å². The lowest BCUT2D eigenvalue weighted by molar-refractivity contribution is -0.115. The Morgan fingerprint density at radius 2 is 2.19 bits per heavy atom. The van der Waals surface area contributed by atoms with Crippen LogP contribution in [0.5, 0.6) is 0 Å². The Morgan fingerprint density at radius 1 is 1.38 bits per heavy atom. The molecule has 1 aromatic carbocycles. The second-order valence-electron chi connectivity index (χ2n) is 4.30. The van der Waals surface area contributed by atoms with Gasteiger partial charge in [-0.2, -0.15) is 10.4 Å². The molecular formula is C14H13N5O2. The number of nitrogens with zero attached hydrogens (tertiary/aromatic N) is 3. The molecule has 7 nitrogen and oxygen atoms in total. The van der Waals surface area contributed by atoms with Gasteiger partial charge >= 0.3 is 0 Å². The van der Waals surface area contributed by atoms with Gasteiger partial charge in [0, 0.05) is 18.9 Å². The predicted molar refractivity (Wildman–Crippen MR) is 75.3 cm³/mol. The SMILES string of the molecule is Cn1ccc(C(=O)NCC(=O)Nc2cccc(C#N)c2)n1. The number of carbonyl (C=O) groups excluding carboxylic acids is 2. The van der Waals surface area contributed by atoms with Gasteiger partial charge in [-0.25, -0.2) is 0 Å². The van der Waals surface area contributed by atoms with Crippen molar-refractivity contribution in [2.75, 3.05) is 11.9 Å². The second-order valence-corrected chi connectivity index (χ2v) is 4.30. The number of amides is 2. The number of aryl methyl sites for hydroxylation is 1. The maximum atomic E-state index is 11.7. The lowest BCUT2D eigenvalue weighted by atomic mass is 10.2. The molecular weight excluding hydrogens is 270 g/mol. The van der Waals surface area contributed by atoms with Crippen molar-refractivity contribution in [1.29, 1.82) is 5.26 Å². The third-order valence-electron chi connectivity index (χ3n) is 2.63. The van der Waals surface area contributed by atoms with Crippen LogP contribution in [0, 0.1) is 11.3 Å². The van der Waals surface area contributed by atoms with Crippen LogP contribution in [-0.2, 0) is 11.8 Å². The first-order valence-corrected chi connectivity index (χ1v) is 6.16. The molecule has 0 bridgehead atoms. The van der Waals surface area contributed by atoms with Crippen molar-refractivity contribution in [1.82, 2.24) is 15.1 Å². The average Bonchev–Trinajstić information content (AvgIpc) is 2.91. The first-order valence-electron chi connectivity index (χ1n) is 6.16. The Labute approximate surface area is 121 Å². The largest absolute Gasteiger partial charge is 0.342 e. The maximum Gasteiger partial charge on any atom is 0.272 e. The van der Waals surface area contributed by atoms with Crippen molar-refractivity contribution in [2.24, 2.45) is 7.05 Å². The topological polar surface area (TPSA) is 99.8 Å². The van der Waals surface area contributed by atoms with Gasteiger partial charge in [0.2, 0.25) is 5.91 Å². The number of nitrogens with one attached hydrogen (secondary N) is 2. The van der Waals surface area contributed by atoms with Crippen molar-refractivity contribution in [3.8, 4) is 6.07 Å². The Morgan fingerprint density at radius 3 is 2.86 bits per heavy atom. The van der Waals surface area contributed by atoms with Crippen LogP contribution in [0.2, 0.25) is 0 Å². The number of hydrogen-bond acceptors (Lipinski definition) is 4. The summed E-state index contributed by atoms with van der Waals surface area (Å²) in [4.78, 5) is 23.4. The van der Waals surface area contributed by atoms with E-state index in [1.54, 1.807) is 43.6 Å². The lowest BCUT2D eigenvalue weighted by Gasteiger charge is -2.06. The zero-order valence-electron chi connectivity index (χ0n) is 11.3. The van der Waals surface area contributed by atoms with Crippen LogP contribution in [0.25, 0.3) is 0 Å². The highest BCUT2D eigenvalue weighted by Crippen LogP contribution is 2.09. The minimum Gasteiger partial charge on any atom is -0.342 e. The maximum absolute atomic E-state index is 11.7. The highest BCUT2D eigenvalue weighted by atomic mass is 16.2. The Kier molecular flexibility index (Phi) is 4.31. The van der Waals surface area contributed by atoms with Crippen molar-refractivity contribution in [3.63, 3.8) is 0 Å². The molecule has 2 N–H and O–H groups in total. The van der Waals surface area contributed by atoms with Gasteiger partial charge in [-0.3, -0.25) is 14.3 Å². The molecule has 2 aromatic rings. The molecule has 7 heteroatoms. The van der Waals surface area contributed by atoms with Crippen LogP contribution in [0.15, 0.2) is 36.5 Å². The van der Waals surface area contributed by atoms with Gasteiger partial charge in [0.15, 0.2) is 0 Å². The third-order valence-corrected chi connectivity index (χ3v) is 2.63. The first-order chi connectivity index (χ1) is 10.1. The van der Waals surface area contributed by atoms with Crippen LogP contribution in [0.1, 0.15) is 16.1 Å². The number of hydrogen-bond donors (Lipinski definition) is 2. The summed E-state index contributed by atoms with van der Waals surface area (Å²) in [6.45, 7) is -0.174. The predicted octanol–water partition coefficient (Wildman–Crippen LogP) is 0.660. The van der Waals surface area contributed by atoms with E-state index in [1.165, 1.54) is 4.68 Å². The molecule has 0 saturated carbocycles. The molecule has 0 saturated heterocycles. The van der Waals surface area contributed by atoms with E-state index in [0.717, 1.165) is 0 Å². The standard InChI is InChI=1S/C14H13N5O2/c1-19-6-5-12(18-19)14(21)16-9-13(20)17-11-4-2-3-10(7-11)8-15/h2-7H,9H2,1H3,(H,16,21)(H,17,20). The van der Waals surface area contributed by atoms with Gasteiger partial charge in [-0.05, 0) is 24.3 Å². The Balaban J connectivity index is 1.87. The normalized spacial score (nSPS) is 9.71. The minimum atomic E-state index is -0.420. The minimum absolute atomic E-state index is 0.174. The molecule has 1 heterocycles. The monoisotopic (exact) mass is 283 g/mol. The highest BCUT2D eigenvalue weighted by Gasteiger charge is 2.10. The molecule has 0 unspecified atom stereocenters. The number of carbonyl (C=O) groups is 2. The van der Waals surface area contributed by atoms with Crippen LogP contribution in [-0.4, -0.2) is 28.1 Å². The molecule has 2 amide bonds. The fraction of sp³-hybridized carbons (Fsp3) is 0.143. The van der Waals surface area contributed by atoms with Crippen LogP contribution >= 0.6 is 0 Å². The van der Waals surface area contributed by atoms with Gasteiger partial charge in [0.25, 0.3) is 5.91 Å². The van der Waals surface area contributed by atoms with Crippen molar-refractivity contribution in [2.45, 2.75) is 0 Å². The highest BCUT2D eigenvalue weighted by molar-refractivity contribution is 5.98. The summed E-state index contributed by atoms with van der Waals surface area (Å²) in [6, 6.07) is 10.1. The van der Waals surface area contributed by atoms with Crippen molar-refractivity contribution >= 4 is 17.5 Å². The van der Waals surface area contributed by atoms with Gasteiger partial charge in [0.1, 0.15) is 5.69 Å². The number of nitriles is 1. The summed E-state index contributed by atoms with van der Waals surface area (Å²) < 4.78 is 1.50. The molecule has 1 aromatic heterocycles. The molecule has 106 valence electrons. The Hall–Kier alpha value is -3.14. The first kappa shape index (κ1) is 14.3. The number of rotatable bonds is 4. The Bertz CT molecular complexity index is 714. The summed E-state index contributed by atoms with van der Waals surface area (Å²) in [6.07, 6.45) is 1.64.